The number of rotatable bonds is 3. The Bertz CT molecular complexity index is 1080. The summed E-state index contributed by atoms with van der Waals surface area (Å²) in [7, 11) is 3.92. The fourth-order valence-corrected chi connectivity index (χ4v) is 5.62. The maximum Gasteiger partial charge on any atom is 0.407 e. The molecule has 202 valence electrons. The third-order valence-electron chi connectivity index (χ3n) is 8.03. The van der Waals surface area contributed by atoms with Gasteiger partial charge in [0.1, 0.15) is 11.9 Å². The van der Waals surface area contributed by atoms with Crippen LogP contribution in [0.4, 0.5) is 10.5 Å². The summed E-state index contributed by atoms with van der Waals surface area (Å²) >= 11 is 0. The summed E-state index contributed by atoms with van der Waals surface area (Å²) in [5, 5.41) is 2.98. The van der Waals surface area contributed by atoms with E-state index in [1.807, 2.05) is 0 Å². The number of unbranched alkanes of at least 4 members (excludes halogenated alkanes) is 1. The Hall–Kier alpha value is -2.73. The van der Waals surface area contributed by atoms with Crippen molar-refractivity contribution in [2.45, 2.75) is 103 Å². The number of epoxide rings is 1. The van der Waals surface area contributed by atoms with Crippen LogP contribution >= 0.6 is 0 Å². The third-order valence-corrected chi connectivity index (χ3v) is 8.03. The highest BCUT2D eigenvalue weighted by atomic mass is 16.6. The number of hydrogen-bond donors (Lipinski definition) is 1. The highest BCUT2D eigenvalue weighted by Crippen LogP contribution is 2.45. The molecule has 0 spiro atoms. The van der Waals surface area contributed by atoms with Gasteiger partial charge in [0.15, 0.2) is 0 Å². The molecule has 0 radical (unpaired) electrons. The van der Waals surface area contributed by atoms with Crippen LogP contribution in [-0.4, -0.2) is 44.1 Å². The Morgan fingerprint density at radius 1 is 1.27 bits per heavy atom. The first-order valence-corrected chi connectivity index (χ1v) is 13.8. The van der Waals surface area contributed by atoms with Gasteiger partial charge < -0.3 is 24.4 Å². The minimum atomic E-state index is -0.315. The minimum absolute atomic E-state index is 0.0874. The van der Waals surface area contributed by atoms with E-state index in [0.717, 1.165) is 62.7 Å². The van der Waals surface area contributed by atoms with Crippen molar-refractivity contribution in [3.63, 3.8) is 0 Å². The summed E-state index contributed by atoms with van der Waals surface area (Å²) in [4.78, 5) is 14.5. The number of carbonyl (C=O) groups is 1. The first kappa shape index (κ1) is 27.3. The molecule has 2 fully saturated rings. The number of alkyl carbamates (subject to hydrolysis) is 1. The first-order valence-electron chi connectivity index (χ1n) is 13.8. The number of nitrogens with zero attached hydrogens (tertiary/aromatic N) is 1. The largest absolute Gasteiger partial charge is 0.496 e. The molecule has 4 unspecified atom stereocenters. The molecule has 3 aliphatic rings. The van der Waals surface area contributed by atoms with Crippen LogP contribution < -0.4 is 15.0 Å². The standard InChI is InChI=1S/C31H44N2O4/c1-7-8-13-25-14-15-31(4)29(37-31)20-26-19-24(32-30(34)36-26)12-10-9-11-21(2)16-23-17-27(33(25)5)22(3)28(18-23)35-6/h9-11,13,17-18,24,26,29H,7-8,12,14-16,19-20H2,1-6H3,(H,32,34)/b10-9+,21-11+,25-13+. The molecule has 3 heterocycles. The van der Waals surface area contributed by atoms with Crippen LogP contribution in [-0.2, 0) is 15.9 Å². The molecule has 1 aromatic rings. The minimum Gasteiger partial charge on any atom is -0.496 e. The van der Waals surface area contributed by atoms with E-state index in [2.05, 4.69) is 81.4 Å². The summed E-state index contributed by atoms with van der Waals surface area (Å²) in [5.74, 6) is 0.920. The first-order chi connectivity index (χ1) is 17.7. The van der Waals surface area contributed by atoms with E-state index in [9.17, 15) is 4.79 Å². The van der Waals surface area contributed by atoms with Crippen LogP contribution in [0.15, 0.2) is 47.7 Å². The predicted octanol–water partition coefficient (Wildman–Crippen LogP) is 6.77. The second-order valence-corrected chi connectivity index (χ2v) is 11.1. The molecule has 4 rings (SSSR count). The monoisotopic (exact) mass is 508 g/mol. The number of anilines is 1. The van der Waals surface area contributed by atoms with Crippen molar-refractivity contribution in [3.8, 4) is 5.75 Å². The van der Waals surface area contributed by atoms with Gasteiger partial charge in [-0.15, -0.1) is 0 Å². The van der Waals surface area contributed by atoms with E-state index < -0.39 is 0 Å². The zero-order valence-corrected chi connectivity index (χ0v) is 23.4. The van der Waals surface area contributed by atoms with Crippen LogP contribution in [0.3, 0.4) is 0 Å². The Morgan fingerprint density at radius 3 is 2.84 bits per heavy atom. The van der Waals surface area contributed by atoms with Crippen LogP contribution in [0, 0.1) is 6.92 Å². The molecule has 2 saturated heterocycles. The van der Waals surface area contributed by atoms with Crippen molar-refractivity contribution in [1.29, 1.82) is 0 Å². The summed E-state index contributed by atoms with van der Waals surface area (Å²) in [6.45, 7) is 8.72. The van der Waals surface area contributed by atoms with Gasteiger partial charge in [0.25, 0.3) is 0 Å². The summed E-state index contributed by atoms with van der Waals surface area (Å²) < 4.78 is 17.6. The average Bonchev–Trinajstić information content (AvgIpc) is 3.50. The lowest BCUT2D eigenvalue weighted by Crippen LogP contribution is -2.45. The molecular formula is C31H44N2O4. The zero-order valence-electron chi connectivity index (χ0n) is 23.4. The van der Waals surface area contributed by atoms with Gasteiger partial charge in [-0.3, -0.25) is 0 Å². The number of fused-ring (bicyclic) bond motifs is 5. The molecule has 0 aromatic heterocycles. The molecule has 1 amide bonds. The van der Waals surface area contributed by atoms with Crippen molar-refractivity contribution in [3.05, 3.63) is 58.8 Å². The van der Waals surface area contributed by atoms with Gasteiger partial charge in [-0.05, 0) is 70.6 Å². The maximum atomic E-state index is 12.2. The summed E-state index contributed by atoms with van der Waals surface area (Å²) in [5.41, 5.74) is 5.96. The van der Waals surface area contributed by atoms with Gasteiger partial charge in [-0.2, -0.15) is 0 Å². The summed E-state index contributed by atoms with van der Waals surface area (Å²) in [6, 6.07) is 4.55. The topological polar surface area (TPSA) is 63.3 Å². The van der Waals surface area contributed by atoms with E-state index in [1.54, 1.807) is 7.11 Å². The van der Waals surface area contributed by atoms with Crippen LogP contribution in [0.2, 0.25) is 0 Å². The van der Waals surface area contributed by atoms with Gasteiger partial charge in [0.2, 0.25) is 0 Å². The highest BCUT2D eigenvalue weighted by Gasteiger charge is 2.53. The number of nitrogens with one attached hydrogen (secondary N) is 1. The van der Waals surface area contributed by atoms with Gasteiger partial charge in [0, 0.05) is 42.9 Å². The zero-order chi connectivity index (χ0) is 26.6. The molecule has 6 heteroatoms. The van der Waals surface area contributed by atoms with E-state index in [0.29, 0.717) is 0 Å². The number of benzene rings is 1. The lowest BCUT2D eigenvalue weighted by atomic mass is 9.93. The number of methoxy groups -OCH3 is 1. The fourth-order valence-electron chi connectivity index (χ4n) is 5.62. The maximum absolute atomic E-state index is 12.2. The quantitative estimate of drug-likeness (QED) is 0.457. The smallest absolute Gasteiger partial charge is 0.407 e. The molecule has 4 atom stereocenters. The molecule has 37 heavy (non-hydrogen) atoms. The van der Waals surface area contributed by atoms with E-state index in [1.165, 1.54) is 22.5 Å². The van der Waals surface area contributed by atoms with Crippen molar-refractivity contribution in [2.75, 3.05) is 19.1 Å². The SMILES string of the molecule is CCC/C=C1\CCC2(C)OC2CC2CC(C/C=C/C=C(\C)Cc3cc(OC)c(C)c(c3)N1C)NC(=O)O2. The Morgan fingerprint density at radius 2 is 2.08 bits per heavy atom. The molecular weight excluding hydrogens is 464 g/mol. The van der Waals surface area contributed by atoms with Crippen LogP contribution in [0.5, 0.6) is 5.75 Å². The molecule has 0 saturated carbocycles. The van der Waals surface area contributed by atoms with Crippen molar-refractivity contribution < 1.29 is 19.0 Å². The number of hydrogen-bond acceptors (Lipinski definition) is 5. The normalized spacial score (nSPS) is 32.0. The highest BCUT2D eigenvalue weighted by molar-refractivity contribution is 5.68. The summed E-state index contributed by atoms with van der Waals surface area (Å²) in [6.07, 6.45) is 15.7. The Kier molecular flexibility index (Phi) is 8.68. The Labute approximate surface area is 222 Å². The number of allylic oxidation sites excluding steroid dienone is 5. The van der Waals surface area contributed by atoms with Gasteiger partial charge >= 0.3 is 6.09 Å². The molecule has 1 N–H and O–H groups in total. The van der Waals surface area contributed by atoms with Crippen molar-refractivity contribution in [1.82, 2.24) is 5.32 Å². The van der Waals surface area contributed by atoms with E-state index >= 15 is 0 Å². The molecule has 3 aliphatic heterocycles. The van der Waals surface area contributed by atoms with Gasteiger partial charge in [-0.1, -0.05) is 43.2 Å². The Balaban J connectivity index is 1.67. The molecule has 6 nitrogen and oxygen atoms in total. The second kappa shape index (κ2) is 11.8. The van der Waals surface area contributed by atoms with E-state index in [4.69, 9.17) is 14.2 Å². The van der Waals surface area contributed by atoms with E-state index in [-0.39, 0.29) is 29.9 Å². The molecule has 4 bridgehead atoms. The number of ether oxygens (including phenoxy) is 3. The fraction of sp³-hybridized carbons (Fsp3) is 0.581. The lowest BCUT2D eigenvalue weighted by molar-refractivity contribution is 0.0505. The van der Waals surface area contributed by atoms with Crippen LogP contribution in [0.25, 0.3) is 0 Å². The van der Waals surface area contributed by atoms with Crippen molar-refractivity contribution >= 4 is 11.8 Å². The lowest BCUT2D eigenvalue weighted by Gasteiger charge is -2.29. The predicted molar refractivity (Wildman–Crippen MR) is 149 cm³/mol. The second-order valence-electron chi connectivity index (χ2n) is 11.1. The number of carbonyl (C=O) groups excluding carboxylic acids is 1. The molecule has 0 aliphatic carbocycles. The average molecular weight is 509 g/mol. The van der Waals surface area contributed by atoms with Crippen molar-refractivity contribution in [2.24, 2.45) is 0 Å². The van der Waals surface area contributed by atoms with Gasteiger partial charge in [-0.25, -0.2) is 4.79 Å². The van der Waals surface area contributed by atoms with Gasteiger partial charge in [0.05, 0.1) is 18.8 Å². The molecule has 1 aromatic carbocycles. The third kappa shape index (κ3) is 6.78. The number of amides is 1. The van der Waals surface area contributed by atoms with Crippen LogP contribution in [0.1, 0.15) is 76.8 Å².